The molecule has 0 fully saturated rings. The van der Waals surface area contributed by atoms with Crippen molar-refractivity contribution in [3.63, 3.8) is 0 Å². The van der Waals surface area contributed by atoms with Crippen molar-refractivity contribution in [1.29, 1.82) is 0 Å². The molecule has 0 spiro atoms. The maximum absolute atomic E-state index is 13.0. The molecule has 2 N–H and O–H groups in total. The first-order valence-electron chi connectivity index (χ1n) is 11.1. The van der Waals surface area contributed by atoms with Crippen molar-refractivity contribution in [2.24, 2.45) is 12.8 Å². The van der Waals surface area contributed by atoms with Crippen molar-refractivity contribution < 1.29 is 0 Å². The maximum atomic E-state index is 13.0. The molecule has 0 atom stereocenters. The number of allylic oxidation sites excluding steroid dienone is 1. The molecule has 0 unspecified atom stereocenters. The first kappa shape index (κ1) is 21.1. The quantitative estimate of drug-likeness (QED) is 0.510. The van der Waals surface area contributed by atoms with Gasteiger partial charge in [0.2, 0.25) is 0 Å². The number of aryl methyl sites for hydroxylation is 1. The van der Waals surface area contributed by atoms with Crippen molar-refractivity contribution in [2.45, 2.75) is 25.7 Å². The second-order valence-corrected chi connectivity index (χ2v) is 9.17. The van der Waals surface area contributed by atoms with Crippen LogP contribution in [0.5, 0.6) is 0 Å². The molecule has 3 heterocycles. The predicted octanol–water partition coefficient (Wildman–Crippen LogP) is 4.11. The van der Waals surface area contributed by atoms with E-state index in [4.69, 9.17) is 5.73 Å². The summed E-state index contributed by atoms with van der Waals surface area (Å²) in [7, 11) is 1.76. The Morgan fingerprint density at radius 1 is 1.06 bits per heavy atom. The fourth-order valence-corrected chi connectivity index (χ4v) is 4.20. The summed E-state index contributed by atoms with van der Waals surface area (Å²) in [6, 6.07) is 14.2. The summed E-state index contributed by atoms with van der Waals surface area (Å²) in [4.78, 5) is 22.2. The molecule has 4 aromatic rings. The van der Waals surface area contributed by atoms with Gasteiger partial charge < -0.3 is 10.3 Å². The molecule has 0 saturated heterocycles. The largest absolute Gasteiger partial charge is 0.333 e. The van der Waals surface area contributed by atoms with E-state index >= 15 is 0 Å². The van der Waals surface area contributed by atoms with E-state index in [0.29, 0.717) is 6.54 Å². The minimum atomic E-state index is -0.127. The molecule has 0 saturated carbocycles. The van der Waals surface area contributed by atoms with E-state index in [2.05, 4.69) is 42.0 Å². The van der Waals surface area contributed by atoms with Crippen molar-refractivity contribution in [2.75, 3.05) is 6.54 Å². The van der Waals surface area contributed by atoms with Crippen LogP contribution in [0.3, 0.4) is 0 Å². The molecule has 0 radical (unpaired) electrons. The van der Waals surface area contributed by atoms with E-state index in [9.17, 15) is 4.79 Å². The normalized spacial score (nSPS) is 12.8. The van der Waals surface area contributed by atoms with E-state index in [1.54, 1.807) is 22.4 Å². The predicted molar refractivity (Wildman–Crippen MR) is 132 cm³/mol. The van der Waals surface area contributed by atoms with Crippen LogP contribution in [-0.4, -0.2) is 25.6 Å². The Kier molecular flexibility index (Phi) is 5.10. The number of rotatable bonds is 5. The Balaban J connectivity index is 1.58. The number of aromatic nitrogens is 4. The average Bonchev–Trinajstić information content (AvgIpc) is 3.43. The molecular weight excluding hydrogens is 410 g/mol. The van der Waals surface area contributed by atoms with E-state index in [0.717, 1.165) is 51.4 Å². The standard InChI is InChI=1S/C27H27N5O/c1-27(2,17-28)21-7-9-22(10-8-21)32-25(16-31(3)26(32)33)24-14-18(11-12-29-24)20-13-19-5-4-6-23(19)30-15-20/h4-5,7-16H,6,17,28H2,1-3H3. The second-order valence-electron chi connectivity index (χ2n) is 9.17. The molecule has 0 aliphatic heterocycles. The van der Waals surface area contributed by atoms with Gasteiger partial charge in [-0.3, -0.25) is 14.5 Å². The van der Waals surface area contributed by atoms with Crippen LogP contribution in [0, 0.1) is 0 Å². The number of nitrogens with two attached hydrogens (primary N) is 1. The van der Waals surface area contributed by atoms with E-state index in [1.807, 2.05) is 48.8 Å². The van der Waals surface area contributed by atoms with Gasteiger partial charge in [-0.25, -0.2) is 4.79 Å². The molecular formula is C27H27N5O. The molecule has 1 aliphatic rings. The zero-order chi connectivity index (χ0) is 23.2. The van der Waals surface area contributed by atoms with Gasteiger partial charge in [-0.05, 0) is 47.0 Å². The number of hydrogen-bond donors (Lipinski definition) is 1. The Morgan fingerprint density at radius 2 is 1.85 bits per heavy atom. The van der Waals surface area contributed by atoms with Gasteiger partial charge in [0.1, 0.15) is 0 Å². The van der Waals surface area contributed by atoms with Crippen LogP contribution >= 0.6 is 0 Å². The molecule has 6 heteroatoms. The first-order valence-corrected chi connectivity index (χ1v) is 11.1. The summed E-state index contributed by atoms with van der Waals surface area (Å²) in [5.41, 5.74) is 13.4. The van der Waals surface area contributed by atoms with Crippen molar-refractivity contribution in [3.8, 4) is 28.2 Å². The minimum absolute atomic E-state index is 0.118. The zero-order valence-corrected chi connectivity index (χ0v) is 19.1. The highest BCUT2D eigenvalue weighted by Gasteiger charge is 2.20. The molecule has 5 rings (SSSR count). The van der Waals surface area contributed by atoms with E-state index < -0.39 is 0 Å². The van der Waals surface area contributed by atoms with E-state index in [1.165, 1.54) is 0 Å². The van der Waals surface area contributed by atoms with Crippen LogP contribution in [0.2, 0.25) is 0 Å². The molecule has 166 valence electrons. The minimum Gasteiger partial charge on any atom is -0.330 e. The van der Waals surface area contributed by atoms with Gasteiger partial charge >= 0.3 is 5.69 Å². The lowest BCUT2D eigenvalue weighted by molar-refractivity contribution is 0.539. The van der Waals surface area contributed by atoms with Crippen LogP contribution in [-0.2, 0) is 18.9 Å². The van der Waals surface area contributed by atoms with Crippen molar-refractivity contribution >= 4 is 6.08 Å². The Morgan fingerprint density at radius 3 is 2.61 bits per heavy atom. The summed E-state index contributed by atoms with van der Waals surface area (Å²) in [6.45, 7) is 4.77. The monoisotopic (exact) mass is 437 g/mol. The lowest BCUT2D eigenvalue weighted by Crippen LogP contribution is -2.28. The van der Waals surface area contributed by atoms with Crippen molar-refractivity contribution in [1.82, 2.24) is 19.1 Å². The molecule has 6 nitrogen and oxygen atoms in total. The van der Waals surface area contributed by atoms with Gasteiger partial charge in [-0.2, -0.15) is 0 Å². The Bertz CT molecular complexity index is 1420. The number of benzene rings is 1. The summed E-state index contributed by atoms with van der Waals surface area (Å²) in [5, 5.41) is 0. The van der Waals surface area contributed by atoms with Gasteiger partial charge in [-0.15, -0.1) is 0 Å². The highest BCUT2D eigenvalue weighted by Crippen LogP contribution is 2.29. The maximum Gasteiger partial charge on any atom is 0.333 e. The fourth-order valence-electron chi connectivity index (χ4n) is 4.20. The molecule has 0 bridgehead atoms. The van der Waals surface area contributed by atoms with Gasteiger partial charge in [0.15, 0.2) is 0 Å². The topological polar surface area (TPSA) is 78.7 Å². The number of nitrogens with zero attached hydrogens (tertiary/aromatic N) is 4. The summed E-state index contributed by atoms with van der Waals surface area (Å²) < 4.78 is 3.29. The van der Waals surface area contributed by atoms with E-state index in [-0.39, 0.29) is 11.1 Å². The van der Waals surface area contributed by atoms with Gasteiger partial charge in [-0.1, -0.05) is 38.1 Å². The molecule has 1 aliphatic carbocycles. The highest BCUT2D eigenvalue weighted by molar-refractivity contribution is 5.72. The molecule has 1 aromatic carbocycles. The molecule has 0 amide bonds. The summed E-state index contributed by atoms with van der Waals surface area (Å²) >= 11 is 0. The summed E-state index contributed by atoms with van der Waals surface area (Å²) in [5.74, 6) is 0. The van der Waals surface area contributed by atoms with Crippen LogP contribution in [0.1, 0.15) is 30.7 Å². The Hall–Kier alpha value is -3.77. The zero-order valence-electron chi connectivity index (χ0n) is 19.1. The summed E-state index contributed by atoms with van der Waals surface area (Å²) in [6.07, 6.45) is 10.6. The Labute approximate surface area is 193 Å². The fraction of sp³-hybridized carbons (Fsp3) is 0.222. The third-order valence-electron chi connectivity index (χ3n) is 6.44. The van der Waals surface area contributed by atoms with Gasteiger partial charge in [0.05, 0.1) is 22.8 Å². The lowest BCUT2D eigenvalue weighted by atomic mass is 9.85. The number of imidazole rings is 1. The van der Waals surface area contributed by atoms with Crippen LogP contribution in [0.25, 0.3) is 34.3 Å². The molecule has 33 heavy (non-hydrogen) atoms. The third kappa shape index (κ3) is 3.72. The average molecular weight is 438 g/mol. The van der Waals surface area contributed by atoms with Crippen LogP contribution < -0.4 is 11.4 Å². The first-order chi connectivity index (χ1) is 15.9. The number of hydrogen-bond acceptors (Lipinski definition) is 4. The third-order valence-corrected chi connectivity index (χ3v) is 6.44. The highest BCUT2D eigenvalue weighted by atomic mass is 16.1. The lowest BCUT2D eigenvalue weighted by Gasteiger charge is -2.23. The number of pyridine rings is 2. The van der Waals surface area contributed by atoms with Crippen LogP contribution in [0.4, 0.5) is 0 Å². The smallest absolute Gasteiger partial charge is 0.330 e. The van der Waals surface area contributed by atoms with Crippen molar-refractivity contribution in [3.05, 3.63) is 94.4 Å². The second kappa shape index (κ2) is 7.98. The molecule has 3 aromatic heterocycles. The SMILES string of the molecule is Cn1cc(-c2cc(-c3cnc4c(c3)C=CC4)ccn2)n(-c2ccc(C(C)(C)CN)cc2)c1=O. The van der Waals surface area contributed by atoms with Crippen LogP contribution in [0.15, 0.2) is 71.9 Å². The van der Waals surface area contributed by atoms with Gasteiger partial charge in [0, 0.05) is 49.6 Å². The van der Waals surface area contributed by atoms with Gasteiger partial charge in [0.25, 0.3) is 0 Å². The number of fused-ring (bicyclic) bond motifs is 1.